The van der Waals surface area contributed by atoms with E-state index in [9.17, 15) is 5.11 Å². The highest BCUT2D eigenvalue weighted by atomic mass is 16.5. The first kappa shape index (κ1) is 9.76. The van der Waals surface area contributed by atoms with E-state index in [-0.39, 0.29) is 5.60 Å². The number of aromatic hydroxyl groups is 1. The van der Waals surface area contributed by atoms with Gasteiger partial charge in [-0.2, -0.15) is 0 Å². The summed E-state index contributed by atoms with van der Waals surface area (Å²) in [6.45, 7) is 0. The van der Waals surface area contributed by atoms with Crippen molar-refractivity contribution in [3.63, 3.8) is 0 Å². The average Bonchev–Trinajstić information content (AvgIpc) is 2.31. The Hall–Kier alpha value is -1.44. The molecule has 2 nitrogen and oxygen atoms in total. The number of rotatable bonds is 0. The van der Waals surface area contributed by atoms with Crippen LogP contribution in [0.3, 0.4) is 0 Å². The highest BCUT2D eigenvalue weighted by Crippen LogP contribution is 2.40. The topological polar surface area (TPSA) is 29.5 Å². The van der Waals surface area contributed by atoms with Gasteiger partial charge in [-0.25, -0.2) is 0 Å². The predicted octanol–water partition coefficient (Wildman–Crippen LogP) is 3.50. The molecule has 1 N–H and O–H groups in total. The first-order valence-corrected chi connectivity index (χ1v) is 5.99. The van der Waals surface area contributed by atoms with E-state index in [1.54, 1.807) is 12.1 Å². The Morgan fingerprint density at radius 1 is 1.12 bits per heavy atom. The summed E-state index contributed by atoms with van der Waals surface area (Å²) in [6.07, 6.45) is 10.3. The van der Waals surface area contributed by atoms with Gasteiger partial charge in [-0.1, -0.05) is 12.5 Å². The fraction of sp³-hybridized carbons (Fsp3) is 0.429. The Labute approximate surface area is 95.6 Å². The molecule has 0 bridgehead atoms. The van der Waals surface area contributed by atoms with Crippen LogP contribution in [0, 0.1) is 0 Å². The summed E-state index contributed by atoms with van der Waals surface area (Å²) in [5, 5.41) is 9.40. The second-order valence-electron chi connectivity index (χ2n) is 4.78. The molecule has 84 valence electrons. The van der Waals surface area contributed by atoms with Gasteiger partial charge in [0.05, 0.1) is 0 Å². The maximum Gasteiger partial charge on any atom is 0.128 e. The highest BCUT2D eigenvalue weighted by molar-refractivity contribution is 5.62. The van der Waals surface area contributed by atoms with Gasteiger partial charge in [-0.3, -0.25) is 0 Å². The number of fused-ring (bicyclic) bond motifs is 1. The van der Waals surface area contributed by atoms with Crippen molar-refractivity contribution < 1.29 is 9.84 Å². The molecule has 16 heavy (non-hydrogen) atoms. The van der Waals surface area contributed by atoms with Gasteiger partial charge in [0.1, 0.15) is 17.1 Å². The summed E-state index contributed by atoms with van der Waals surface area (Å²) in [5.74, 6) is 1.20. The molecule has 0 saturated heterocycles. The third kappa shape index (κ3) is 1.58. The number of hydrogen-bond acceptors (Lipinski definition) is 2. The summed E-state index contributed by atoms with van der Waals surface area (Å²) in [6, 6.07) is 5.31. The fourth-order valence-corrected chi connectivity index (χ4v) is 2.67. The zero-order chi connectivity index (χ0) is 11.0. The first-order valence-electron chi connectivity index (χ1n) is 5.99. The molecule has 0 amide bonds. The van der Waals surface area contributed by atoms with E-state index in [1.807, 2.05) is 6.07 Å². The predicted molar refractivity (Wildman–Crippen MR) is 63.6 cm³/mol. The lowest BCUT2D eigenvalue weighted by Crippen LogP contribution is -2.37. The van der Waals surface area contributed by atoms with Crippen LogP contribution in [0.2, 0.25) is 0 Å². The van der Waals surface area contributed by atoms with Gasteiger partial charge < -0.3 is 9.84 Å². The minimum Gasteiger partial charge on any atom is -0.508 e. The van der Waals surface area contributed by atoms with Crippen LogP contribution in [-0.2, 0) is 0 Å². The van der Waals surface area contributed by atoms with E-state index < -0.39 is 0 Å². The number of hydrogen-bond donors (Lipinski definition) is 1. The summed E-state index contributed by atoms with van der Waals surface area (Å²) < 4.78 is 6.12. The lowest BCUT2D eigenvalue weighted by molar-refractivity contribution is 0.0752. The average molecular weight is 216 g/mol. The molecule has 2 heteroatoms. The molecule has 3 rings (SSSR count). The van der Waals surface area contributed by atoms with Gasteiger partial charge in [0.2, 0.25) is 0 Å². The largest absolute Gasteiger partial charge is 0.508 e. The molecule has 2 aliphatic rings. The Morgan fingerprint density at radius 3 is 2.75 bits per heavy atom. The van der Waals surface area contributed by atoms with Crippen LogP contribution in [0.25, 0.3) is 6.08 Å². The smallest absolute Gasteiger partial charge is 0.128 e. The zero-order valence-electron chi connectivity index (χ0n) is 9.28. The van der Waals surface area contributed by atoms with Crippen LogP contribution < -0.4 is 4.74 Å². The monoisotopic (exact) mass is 216 g/mol. The van der Waals surface area contributed by atoms with Crippen molar-refractivity contribution in [2.45, 2.75) is 37.7 Å². The fourth-order valence-electron chi connectivity index (χ4n) is 2.67. The molecule has 1 aromatic rings. The second-order valence-corrected chi connectivity index (χ2v) is 4.78. The van der Waals surface area contributed by atoms with Crippen LogP contribution in [0.5, 0.6) is 11.5 Å². The quantitative estimate of drug-likeness (QED) is 0.719. The van der Waals surface area contributed by atoms with Crippen molar-refractivity contribution in [3.05, 3.63) is 29.8 Å². The lowest BCUT2D eigenvalue weighted by atomic mass is 9.83. The molecule has 0 radical (unpaired) electrons. The van der Waals surface area contributed by atoms with Crippen LogP contribution in [0.15, 0.2) is 24.3 Å². The maximum absolute atomic E-state index is 9.40. The number of phenolic OH excluding ortho intramolecular Hbond substituents is 1. The molecule has 1 aromatic carbocycles. The summed E-state index contributed by atoms with van der Waals surface area (Å²) in [7, 11) is 0. The van der Waals surface area contributed by atoms with Gasteiger partial charge in [0.25, 0.3) is 0 Å². The third-order valence-corrected chi connectivity index (χ3v) is 3.57. The summed E-state index contributed by atoms with van der Waals surface area (Å²) >= 11 is 0. The molecule has 0 aromatic heterocycles. The Kier molecular flexibility index (Phi) is 2.16. The molecular weight excluding hydrogens is 200 g/mol. The summed E-state index contributed by atoms with van der Waals surface area (Å²) in [4.78, 5) is 0. The normalized spacial score (nSPS) is 21.5. The minimum atomic E-state index is -0.0672. The minimum absolute atomic E-state index is 0.0672. The van der Waals surface area contributed by atoms with Crippen LogP contribution >= 0.6 is 0 Å². The molecule has 1 saturated carbocycles. The van der Waals surface area contributed by atoms with Crippen molar-refractivity contribution in [2.24, 2.45) is 0 Å². The van der Waals surface area contributed by atoms with Crippen molar-refractivity contribution in [3.8, 4) is 11.5 Å². The van der Waals surface area contributed by atoms with E-state index in [1.165, 1.54) is 19.3 Å². The number of ether oxygens (including phenoxy) is 1. The van der Waals surface area contributed by atoms with Crippen molar-refractivity contribution in [2.75, 3.05) is 0 Å². The SMILES string of the molecule is Oc1ccc2c(c1)C=CC1(CCCCC1)O2. The lowest BCUT2D eigenvalue weighted by Gasteiger charge is -2.37. The Bertz CT molecular complexity index is 428. The molecule has 0 atom stereocenters. The van der Waals surface area contributed by atoms with Crippen molar-refractivity contribution in [1.29, 1.82) is 0 Å². The van der Waals surface area contributed by atoms with Crippen LogP contribution in [0.1, 0.15) is 37.7 Å². The molecule has 1 spiro atoms. The van der Waals surface area contributed by atoms with E-state index in [4.69, 9.17) is 4.74 Å². The van der Waals surface area contributed by atoms with Crippen molar-refractivity contribution >= 4 is 6.08 Å². The molecule has 1 aliphatic heterocycles. The first-order chi connectivity index (χ1) is 7.77. The number of benzene rings is 1. The zero-order valence-corrected chi connectivity index (χ0v) is 9.28. The molecule has 1 fully saturated rings. The molecular formula is C14H16O2. The second kappa shape index (κ2) is 3.55. The van der Waals surface area contributed by atoms with Gasteiger partial charge in [-0.15, -0.1) is 0 Å². The molecule has 1 aliphatic carbocycles. The van der Waals surface area contributed by atoms with Gasteiger partial charge in [0.15, 0.2) is 0 Å². The maximum atomic E-state index is 9.40. The van der Waals surface area contributed by atoms with Crippen molar-refractivity contribution in [1.82, 2.24) is 0 Å². The Morgan fingerprint density at radius 2 is 1.94 bits per heavy atom. The summed E-state index contributed by atoms with van der Waals surface area (Å²) in [5.41, 5.74) is 0.915. The van der Waals surface area contributed by atoms with E-state index in [2.05, 4.69) is 12.2 Å². The van der Waals surface area contributed by atoms with Gasteiger partial charge in [0, 0.05) is 5.56 Å². The molecule has 0 unspecified atom stereocenters. The standard InChI is InChI=1S/C14H16O2/c15-12-4-5-13-11(10-12)6-9-14(16-13)7-2-1-3-8-14/h4-6,9-10,15H,1-3,7-8H2. The molecule has 1 heterocycles. The highest BCUT2D eigenvalue weighted by Gasteiger charge is 2.34. The van der Waals surface area contributed by atoms with Crippen LogP contribution in [-0.4, -0.2) is 10.7 Å². The Balaban J connectivity index is 1.94. The number of phenols is 1. The van der Waals surface area contributed by atoms with E-state index in [0.717, 1.165) is 24.2 Å². The van der Waals surface area contributed by atoms with Gasteiger partial charge >= 0.3 is 0 Å². The van der Waals surface area contributed by atoms with E-state index >= 15 is 0 Å². The third-order valence-electron chi connectivity index (χ3n) is 3.57. The van der Waals surface area contributed by atoms with Gasteiger partial charge in [-0.05, 0) is 50.0 Å². The van der Waals surface area contributed by atoms with Crippen LogP contribution in [0.4, 0.5) is 0 Å². The van der Waals surface area contributed by atoms with E-state index in [0.29, 0.717) is 5.75 Å².